The van der Waals surface area contributed by atoms with Gasteiger partial charge in [0.15, 0.2) is 0 Å². The fraction of sp³-hybridized carbons (Fsp3) is 0.316. The first-order valence-electron chi connectivity index (χ1n) is 8.46. The second-order valence-corrected chi connectivity index (χ2v) is 6.30. The summed E-state index contributed by atoms with van der Waals surface area (Å²) < 4.78 is 13.1. The molecule has 0 aliphatic carbocycles. The van der Waals surface area contributed by atoms with E-state index in [1.54, 1.807) is 30.3 Å². The van der Waals surface area contributed by atoms with E-state index in [9.17, 15) is 19.1 Å². The number of benzene rings is 1. The maximum atomic E-state index is 13.1. The molecule has 1 saturated heterocycles. The van der Waals surface area contributed by atoms with Crippen molar-refractivity contribution in [3.63, 3.8) is 0 Å². The maximum absolute atomic E-state index is 13.1. The van der Waals surface area contributed by atoms with Crippen LogP contribution in [0.15, 0.2) is 48.7 Å². The van der Waals surface area contributed by atoms with E-state index >= 15 is 0 Å². The second kappa shape index (κ2) is 8.05. The van der Waals surface area contributed by atoms with Crippen LogP contribution < -0.4 is 5.32 Å². The molecule has 0 spiro atoms. The van der Waals surface area contributed by atoms with E-state index in [2.05, 4.69) is 10.3 Å². The Balaban J connectivity index is 1.77. The van der Waals surface area contributed by atoms with Gasteiger partial charge in [-0.25, -0.2) is 4.39 Å². The molecule has 26 heavy (non-hydrogen) atoms. The minimum Gasteiger partial charge on any atom is -0.391 e. The van der Waals surface area contributed by atoms with E-state index in [-0.39, 0.29) is 30.4 Å². The van der Waals surface area contributed by atoms with Crippen molar-refractivity contribution in [2.75, 3.05) is 13.1 Å². The van der Waals surface area contributed by atoms with E-state index in [4.69, 9.17) is 0 Å². The van der Waals surface area contributed by atoms with Gasteiger partial charge in [0.05, 0.1) is 6.10 Å². The number of β-amino-alcohol motifs (C(OH)–C–C–N with tert-alkyl or cyclic N) is 1. The van der Waals surface area contributed by atoms with Gasteiger partial charge in [-0.3, -0.25) is 14.6 Å². The van der Waals surface area contributed by atoms with Gasteiger partial charge < -0.3 is 15.3 Å². The average Bonchev–Trinajstić information content (AvgIpc) is 3.09. The summed E-state index contributed by atoms with van der Waals surface area (Å²) in [6.45, 7) is 0.692. The molecule has 2 N–H and O–H groups in total. The van der Waals surface area contributed by atoms with Gasteiger partial charge in [-0.05, 0) is 36.2 Å². The Morgan fingerprint density at radius 1 is 1.27 bits per heavy atom. The smallest absolute Gasteiger partial charge is 0.270 e. The van der Waals surface area contributed by atoms with Crippen LogP contribution in [0.4, 0.5) is 4.39 Å². The number of hydrogen-bond donors (Lipinski definition) is 2. The molecule has 1 aliphatic rings. The molecule has 0 radical (unpaired) electrons. The number of likely N-dealkylation sites (tertiary alicyclic amines) is 1. The summed E-state index contributed by atoms with van der Waals surface area (Å²) in [6.07, 6.45) is 1.70. The van der Waals surface area contributed by atoms with Crippen molar-refractivity contribution in [1.29, 1.82) is 0 Å². The molecule has 0 saturated carbocycles. The molecular formula is C19H20FN3O3. The molecule has 0 unspecified atom stereocenters. The quantitative estimate of drug-likeness (QED) is 0.841. The number of hydrogen-bond acceptors (Lipinski definition) is 4. The van der Waals surface area contributed by atoms with Crippen molar-refractivity contribution in [2.45, 2.75) is 25.0 Å². The Morgan fingerprint density at radius 2 is 2.04 bits per heavy atom. The first-order chi connectivity index (χ1) is 12.5. The van der Waals surface area contributed by atoms with E-state index in [0.29, 0.717) is 13.0 Å². The van der Waals surface area contributed by atoms with Crippen molar-refractivity contribution in [2.24, 2.45) is 0 Å². The number of halogens is 1. The normalized spacial score (nSPS) is 17.8. The number of carbonyl (C=O) groups excluding carboxylic acids is 2. The molecule has 0 bridgehead atoms. The predicted octanol–water partition coefficient (Wildman–Crippen LogP) is 1.15. The zero-order valence-corrected chi connectivity index (χ0v) is 14.1. The first kappa shape index (κ1) is 18.0. The van der Waals surface area contributed by atoms with Crippen LogP contribution in [-0.2, 0) is 11.2 Å². The van der Waals surface area contributed by atoms with E-state index in [1.165, 1.54) is 23.2 Å². The van der Waals surface area contributed by atoms with Gasteiger partial charge in [0.1, 0.15) is 17.6 Å². The molecule has 1 aromatic heterocycles. The highest BCUT2D eigenvalue weighted by Gasteiger charge is 2.31. The van der Waals surface area contributed by atoms with Crippen LogP contribution in [0.5, 0.6) is 0 Å². The molecule has 3 rings (SSSR count). The number of carbonyl (C=O) groups is 2. The number of aliphatic hydroxyl groups is 1. The summed E-state index contributed by atoms with van der Waals surface area (Å²) in [5.74, 6) is -1.09. The average molecular weight is 357 g/mol. The van der Waals surface area contributed by atoms with Crippen LogP contribution in [0.1, 0.15) is 22.5 Å². The molecular weight excluding hydrogens is 337 g/mol. The molecule has 136 valence electrons. The van der Waals surface area contributed by atoms with Gasteiger partial charge in [-0.1, -0.05) is 18.2 Å². The monoisotopic (exact) mass is 357 g/mol. The number of aromatic nitrogens is 1. The molecule has 2 heterocycles. The lowest BCUT2D eigenvalue weighted by Gasteiger charge is -2.24. The van der Waals surface area contributed by atoms with Gasteiger partial charge >= 0.3 is 0 Å². The minimum atomic E-state index is -0.819. The van der Waals surface area contributed by atoms with Crippen molar-refractivity contribution in [3.05, 3.63) is 65.7 Å². The topological polar surface area (TPSA) is 82.5 Å². The number of nitrogens with one attached hydrogen (secondary N) is 1. The highest BCUT2D eigenvalue weighted by Crippen LogP contribution is 2.14. The van der Waals surface area contributed by atoms with Crippen molar-refractivity contribution in [3.8, 4) is 0 Å². The van der Waals surface area contributed by atoms with Gasteiger partial charge in [0.25, 0.3) is 5.91 Å². The predicted molar refractivity (Wildman–Crippen MR) is 92.8 cm³/mol. The highest BCUT2D eigenvalue weighted by molar-refractivity contribution is 5.96. The number of aliphatic hydroxyl groups excluding tert-OH is 1. The van der Waals surface area contributed by atoms with Crippen LogP contribution in [0.25, 0.3) is 0 Å². The van der Waals surface area contributed by atoms with Crippen LogP contribution >= 0.6 is 0 Å². The zero-order valence-electron chi connectivity index (χ0n) is 14.1. The zero-order chi connectivity index (χ0) is 18.5. The third-order valence-electron chi connectivity index (χ3n) is 4.33. The Hall–Kier alpha value is -2.80. The fourth-order valence-corrected chi connectivity index (χ4v) is 2.95. The van der Waals surface area contributed by atoms with Crippen LogP contribution in [0.2, 0.25) is 0 Å². The number of pyridine rings is 1. The Bertz CT molecular complexity index is 767. The summed E-state index contributed by atoms with van der Waals surface area (Å²) in [7, 11) is 0. The Kier molecular flexibility index (Phi) is 5.58. The van der Waals surface area contributed by atoms with E-state index in [1.807, 2.05) is 0 Å². The van der Waals surface area contributed by atoms with Gasteiger partial charge in [-0.15, -0.1) is 0 Å². The third-order valence-corrected chi connectivity index (χ3v) is 4.33. The Labute approximate surface area is 150 Å². The SMILES string of the molecule is O=C(N[C@@H](Cc1ccc(F)cc1)C(=O)N1CC[C@H](O)C1)c1ccccn1. The molecule has 7 heteroatoms. The van der Waals surface area contributed by atoms with Gasteiger partial charge in [0.2, 0.25) is 5.91 Å². The van der Waals surface area contributed by atoms with Crippen molar-refractivity contribution >= 4 is 11.8 Å². The van der Waals surface area contributed by atoms with Crippen LogP contribution in [0, 0.1) is 5.82 Å². The largest absolute Gasteiger partial charge is 0.391 e. The summed E-state index contributed by atoms with van der Waals surface area (Å²) in [5.41, 5.74) is 0.941. The summed E-state index contributed by atoms with van der Waals surface area (Å²) in [4.78, 5) is 30.8. The molecule has 6 nitrogen and oxygen atoms in total. The molecule has 2 atom stereocenters. The van der Waals surface area contributed by atoms with Gasteiger partial charge in [0, 0.05) is 25.7 Å². The van der Waals surface area contributed by atoms with Crippen LogP contribution in [0.3, 0.4) is 0 Å². The molecule has 1 aliphatic heterocycles. The van der Waals surface area contributed by atoms with E-state index < -0.39 is 18.1 Å². The second-order valence-electron chi connectivity index (χ2n) is 6.30. The molecule has 1 aromatic carbocycles. The fourth-order valence-electron chi connectivity index (χ4n) is 2.95. The molecule has 2 amide bonds. The highest BCUT2D eigenvalue weighted by atomic mass is 19.1. The molecule has 1 fully saturated rings. The Morgan fingerprint density at radius 3 is 2.65 bits per heavy atom. The number of amides is 2. The lowest BCUT2D eigenvalue weighted by molar-refractivity contribution is -0.132. The minimum absolute atomic E-state index is 0.214. The number of rotatable bonds is 5. The maximum Gasteiger partial charge on any atom is 0.270 e. The standard InChI is InChI=1S/C19H20FN3O3/c20-14-6-4-13(5-7-14)11-17(19(26)23-10-8-15(24)12-23)22-18(25)16-3-1-2-9-21-16/h1-7,9,15,17,24H,8,10-12H2,(H,22,25)/t15-,17-/m0/s1. The van der Waals surface area contributed by atoms with E-state index in [0.717, 1.165) is 5.56 Å². The molecule has 2 aromatic rings. The van der Waals surface area contributed by atoms with Crippen LogP contribution in [-0.4, -0.2) is 52.0 Å². The summed E-state index contributed by atoms with van der Waals surface area (Å²) in [6, 6.07) is 9.94. The van der Waals surface area contributed by atoms with Gasteiger partial charge in [-0.2, -0.15) is 0 Å². The number of nitrogens with zero attached hydrogens (tertiary/aromatic N) is 2. The summed E-state index contributed by atoms with van der Waals surface area (Å²) >= 11 is 0. The third kappa shape index (κ3) is 4.43. The first-order valence-corrected chi connectivity index (χ1v) is 8.46. The summed E-state index contributed by atoms with van der Waals surface area (Å²) in [5, 5.41) is 12.4. The van der Waals surface area contributed by atoms with Crippen molar-refractivity contribution < 1.29 is 19.1 Å². The van der Waals surface area contributed by atoms with Crippen molar-refractivity contribution in [1.82, 2.24) is 15.2 Å². The lowest BCUT2D eigenvalue weighted by atomic mass is 10.0. The lowest BCUT2D eigenvalue weighted by Crippen LogP contribution is -2.49.